The van der Waals surface area contributed by atoms with Gasteiger partial charge >= 0.3 is 0 Å². The molecule has 0 aliphatic carbocycles. The fourth-order valence-corrected chi connectivity index (χ4v) is 2.08. The first-order chi connectivity index (χ1) is 11.0. The molecule has 122 valence electrons. The molecule has 0 fully saturated rings. The van der Waals surface area contributed by atoms with Crippen molar-refractivity contribution in [2.45, 2.75) is 6.10 Å². The highest BCUT2D eigenvalue weighted by atomic mass is 19.1. The van der Waals surface area contributed by atoms with Gasteiger partial charge in [-0.25, -0.2) is 4.39 Å². The lowest BCUT2D eigenvalue weighted by Crippen LogP contribution is -2.28. The summed E-state index contributed by atoms with van der Waals surface area (Å²) in [6.45, 7) is -0.00910. The van der Waals surface area contributed by atoms with Crippen molar-refractivity contribution in [3.63, 3.8) is 0 Å². The van der Waals surface area contributed by atoms with Crippen molar-refractivity contribution in [2.24, 2.45) is 0 Å². The number of nitrogens with one attached hydrogen (secondary N) is 1. The molecule has 2 aromatic rings. The number of methoxy groups -OCH3 is 2. The summed E-state index contributed by atoms with van der Waals surface area (Å²) in [6.07, 6.45) is -0.934. The second-order valence-electron chi connectivity index (χ2n) is 4.84. The number of carbonyl (C=O) groups is 1. The van der Waals surface area contributed by atoms with Gasteiger partial charge in [0.2, 0.25) is 0 Å². The normalized spacial score (nSPS) is 11.7. The van der Waals surface area contributed by atoms with Crippen LogP contribution in [-0.2, 0) is 0 Å². The van der Waals surface area contributed by atoms with Crippen LogP contribution in [0.2, 0.25) is 0 Å². The van der Waals surface area contributed by atoms with Crippen LogP contribution in [-0.4, -0.2) is 31.8 Å². The van der Waals surface area contributed by atoms with Crippen molar-refractivity contribution in [1.82, 2.24) is 5.32 Å². The molecule has 23 heavy (non-hydrogen) atoms. The Morgan fingerprint density at radius 3 is 2.48 bits per heavy atom. The van der Waals surface area contributed by atoms with E-state index in [-0.39, 0.29) is 12.4 Å². The quantitative estimate of drug-likeness (QED) is 0.857. The van der Waals surface area contributed by atoms with E-state index in [0.29, 0.717) is 22.6 Å². The van der Waals surface area contributed by atoms with Gasteiger partial charge in [0.25, 0.3) is 5.91 Å². The zero-order valence-corrected chi connectivity index (χ0v) is 12.9. The van der Waals surface area contributed by atoms with Crippen LogP contribution in [0.15, 0.2) is 42.5 Å². The van der Waals surface area contributed by atoms with Crippen LogP contribution in [0.5, 0.6) is 11.5 Å². The minimum absolute atomic E-state index is 0.00910. The first-order valence-electron chi connectivity index (χ1n) is 6.99. The van der Waals surface area contributed by atoms with Crippen LogP contribution < -0.4 is 14.8 Å². The van der Waals surface area contributed by atoms with Crippen LogP contribution in [0.4, 0.5) is 4.39 Å². The summed E-state index contributed by atoms with van der Waals surface area (Å²) in [4.78, 5) is 12.3. The molecule has 1 unspecified atom stereocenters. The van der Waals surface area contributed by atoms with Crippen molar-refractivity contribution in [1.29, 1.82) is 0 Å². The van der Waals surface area contributed by atoms with Gasteiger partial charge in [0.1, 0.15) is 17.3 Å². The van der Waals surface area contributed by atoms with E-state index in [1.165, 1.54) is 38.5 Å². The maximum Gasteiger partial charge on any atom is 0.255 e. The Morgan fingerprint density at radius 2 is 1.87 bits per heavy atom. The van der Waals surface area contributed by atoms with E-state index in [1.807, 2.05) is 0 Å². The summed E-state index contributed by atoms with van der Waals surface area (Å²) in [5, 5.41) is 12.7. The molecule has 0 saturated carbocycles. The number of carbonyl (C=O) groups excluding carboxylic acids is 1. The number of halogens is 1. The molecule has 0 heterocycles. The van der Waals surface area contributed by atoms with E-state index in [9.17, 15) is 14.3 Å². The summed E-state index contributed by atoms with van der Waals surface area (Å²) in [5.74, 6) is 0.141. The zero-order chi connectivity index (χ0) is 16.8. The lowest BCUT2D eigenvalue weighted by atomic mass is 10.1. The zero-order valence-electron chi connectivity index (χ0n) is 12.9. The number of hydrogen-bond acceptors (Lipinski definition) is 4. The summed E-state index contributed by atoms with van der Waals surface area (Å²) in [5.41, 5.74) is 0.822. The molecule has 0 aliphatic heterocycles. The topological polar surface area (TPSA) is 67.8 Å². The number of benzene rings is 2. The first-order valence-corrected chi connectivity index (χ1v) is 6.99. The summed E-state index contributed by atoms with van der Waals surface area (Å²) in [7, 11) is 2.97. The molecule has 0 aliphatic rings. The van der Waals surface area contributed by atoms with Gasteiger partial charge in [-0.15, -0.1) is 0 Å². The van der Waals surface area contributed by atoms with Crippen molar-refractivity contribution in [3.8, 4) is 11.5 Å². The predicted octanol–water partition coefficient (Wildman–Crippen LogP) is 2.31. The third kappa shape index (κ3) is 4.20. The minimum Gasteiger partial charge on any atom is -0.497 e. The number of aliphatic hydroxyl groups excluding tert-OH is 1. The first kappa shape index (κ1) is 16.8. The third-order valence-corrected chi connectivity index (χ3v) is 3.36. The van der Waals surface area contributed by atoms with Gasteiger partial charge in [0.05, 0.1) is 25.9 Å². The molecular formula is C17H18FNO4. The van der Waals surface area contributed by atoms with E-state index >= 15 is 0 Å². The number of amides is 1. The van der Waals surface area contributed by atoms with Gasteiger partial charge in [0.15, 0.2) is 0 Å². The van der Waals surface area contributed by atoms with Crippen LogP contribution in [0.25, 0.3) is 0 Å². The maximum atomic E-state index is 12.9. The lowest BCUT2D eigenvalue weighted by molar-refractivity contribution is 0.0913. The van der Waals surface area contributed by atoms with Crippen LogP contribution in [0, 0.1) is 5.82 Å². The summed E-state index contributed by atoms with van der Waals surface area (Å²) < 4.78 is 23.1. The van der Waals surface area contributed by atoms with Gasteiger partial charge in [-0.2, -0.15) is 0 Å². The predicted molar refractivity (Wildman–Crippen MR) is 83.2 cm³/mol. The Labute approximate surface area is 133 Å². The Hall–Kier alpha value is -2.60. The van der Waals surface area contributed by atoms with Gasteiger partial charge in [0, 0.05) is 6.54 Å². The highest BCUT2D eigenvalue weighted by molar-refractivity contribution is 5.97. The monoisotopic (exact) mass is 319 g/mol. The third-order valence-electron chi connectivity index (χ3n) is 3.36. The van der Waals surface area contributed by atoms with E-state index in [0.717, 1.165) is 0 Å². The summed E-state index contributed by atoms with van der Waals surface area (Å²) in [6, 6.07) is 10.3. The number of hydrogen-bond donors (Lipinski definition) is 2. The van der Waals surface area contributed by atoms with E-state index in [1.54, 1.807) is 18.2 Å². The largest absolute Gasteiger partial charge is 0.497 e. The smallest absolute Gasteiger partial charge is 0.255 e. The highest BCUT2D eigenvalue weighted by Gasteiger charge is 2.15. The average Bonchev–Trinajstić information content (AvgIpc) is 2.59. The van der Waals surface area contributed by atoms with Gasteiger partial charge < -0.3 is 19.9 Å². The number of ether oxygens (including phenoxy) is 2. The van der Waals surface area contributed by atoms with Gasteiger partial charge in [-0.05, 0) is 35.9 Å². The minimum atomic E-state index is -0.934. The lowest BCUT2D eigenvalue weighted by Gasteiger charge is -2.14. The molecule has 0 bridgehead atoms. The van der Waals surface area contributed by atoms with Gasteiger partial charge in [-0.3, -0.25) is 4.79 Å². The van der Waals surface area contributed by atoms with Crippen molar-refractivity contribution in [2.75, 3.05) is 20.8 Å². The number of aliphatic hydroxyl groups is 1. The number of rotatable bonds is 6. The Morgan fingerprint density at radius 1 is 1.17 bits per heavy atom. The molecule has 1 amide bonds. The summed E-state index contributed by atoms with van der Waals surface area (Å²) >= 11 is 0. The molecule has 2 aromatic carbocycles. The van der Waals surface area contributed by atoms with E-state index < -0.39 is 12.0 Å². The molecular weight excluding hydrogens is 301 g/mol. The molecule has 2 rings (SSSR count). The van der Waals surface area contributed by atoms with Crippen molar-refractivity contribution >= 4 is 5.91 Å². The fraction of sp³-hybridized carbons (Fsp3) is 0.235. The highest BCUT2D eigenvalue weighted by Crippen LogP contribution is 2.24. The van der Waals surface area contributed by atoms with Gasteiger partial charge in [-0.1, -0.05) is 12.1 Å². The molecule has 0 aromatic heterocycles. The van der Waals surface area contributed by atoms with E-state index in [2.05, 4.69) is 5.32 Å². The molecule has 1 atom stereocenters. The van der Waals surface area contributed by atoms with E-state index in [4.69, 9.17) is 9.47 Å². The second kappa shape index (κ2) is 7.60. The SMILES string of the molecule is COc1ccc(OC)c(C(=O)NCC(O)c2ccc(F)cc2)c1. The molecule has 0 radical (unpaired) electrons. The molecule has 2 N–H and O–H groups in total. The maximum absolute atomic E-state index is 12.9. The second-order valence-corrected chi connectivity index (χ2v) is 4.84. The average molecular weight is 319 g/mol. The Balaban J connectivity index is 2.05. The molecule has 6 heteroatoms. The van der Waals surface area contributed by atoms with Crippen molar-refractivity contribution < 1.29 is 23.8 Å². The fourth-order valence-electron chi connectivity index (χ4n) is 2.08. The van der Waals surface area contributed by atoms with Crippen LogP contribution in [0.3, 0.4) is 0 Å². The Bertz CT molecular complexity index is 673. The van der Waals surface area contributed by atoms with Crippen molar-refractivity contribution in [3.05, 3.63) is 59.4 Å². The van der Waals surface area contributed by atoms with Crippen LogP contribution in [0.1, 0.15) is 22.0 Å². The molecule has 0 saturated heterocycles. The van der Waals surface area contributed by atoms with Crippen LogP contribution >= 0.6 is 0 Å². The molecule has 5 nitrogen and oxygen atoms in total. The standard InChI is InChI=1S/C17H18FNO4/c1-22-13-7-8-16(23-2)14(9-13)17(21)19-10-15(20)11-3-5-12(18)6-4-11/h3-9,15,20H,10H2,1-2H3,(H,19,21). The Kier molecular flexibility index (Phi) is 5.54. The molecule has 0 spiro atoms.